The number of hydrogen-bond donors (Lipinski definition) is 3. The Bertz CT molecular complexity index is 1520. The number of fused-ring (bicyclic) bond motifs is 1. The highest BCUT2D eigenvalue weighted by molar-refractivity contribution is 6.29. The molecule has 4 N–H and O–H groups in total. The van der Waals surface area contributed by atoms with Crippen molar-refractivity contribution in [1.29, 1.82) is 0 Å². The van der Waals surface area contributed by atoms with E-state index in [0.717, 1.165) is 24.0 Å². The zero-order chi connectivity index (χ0) is 27.4. The van der Waals surface area contributed by atoms with Crippen LogP contribution in [0, 0.1) is 13.8 Å². The molecule has 4 rings (SSSR count). The van der Waals surface area contributed by atoms with Crippen LogP contribution in [0.3, 0.4) is 0 Å². The molecule has 0 spiro atoms. The van der Waals surface area contributed by atoms with Crippen LogP contribution in [0.15, 0.2) is 49.7 Å². The molecule has 3 aromatic rings. The fourth-order valence-electron chi connectivity index (χ4n) is 4.07. The fourth-order valence-corrected chi connectivity index (χ4v) is 4.22. The Labute approximate surface area is 224 Å². The molecular weight excluding hydrogens is 508 g/mol. The second-order valence-corrected chi connectivity index (χ2v) is 9.42. The number of aliphatic imine (C=N–C) groups is 2. The van der Waals surface area contributed by atoms with Crippen LogP contribution in [0.2, 0.25) is 5.15 Å². The van der Waals surface area contributed by atoms with Crippen LogP contribution in [0.1, 0.15) is 54.0 Å². The first-order valence-corrected chi connectivity index (χ1v) is 12.4. The van der Waals surface area contributed by atoms with Gasteiger partial charge in [-0.1, -0.05) is 17.7 Å². The molecule has 10 nitrogen and oxygen atoms in total. The number of nitrogens with zero attached hydrogens (tertiary/aromatic N) is 3. The number of allylic oxidation sites excluding steroid dienone is 1. The Balaban J connectivity index is 1.80. The molecule has 2 heterocycles. The van der Waals surface area contributed by atoms with Gasteiger partial charge in [-0.2, -0.15) is 5.48 Å². The first kappa shape index (κ1) is 26.9. The third kappa shape index (κ3) is 5.70. The van der Waals surface area contributed by atoms with Crippen molar-refractivity contribution in [1.82, 2.24) is 10.5 Å². The number of aromatic nitrogens is 1. The van der Waals surface area contributed by atoms with E-state index in [4.69, 9.17) is 21.8 Å². The number of nitrogens with one attached hydrogen (secondary N) is 2. The van der Waals surface area contributed by atoms with E-state index in [1.165, 1.54) is 13.2 Å². The largest absolute Gasteiger partial charge is 0.455 e. The van der Waals surface area contributed by atoms with E-state index in [2.05, 4.69) is 30.6 Å². The van der Waals surface area contributed by atoms with Crippen molar-refractivity contribution < 1.29 is 14.0 Å². The summed E-state index contributed by atoms with van der Waals surface area (Å²) >= 11 is 6.14. The van der Waals surface area contributed by atoms with Crippen molar-refractivity contribution in [2.75, 3.05) is 12.4 Å². The second-order valence-electron chi connectivity index (χ2n) is 9.03. The van der Waals surface area contributed by atoms with Crippen LogP contribution in [0.25, 0.3) is 16.5 Å². The minimum Gasteiger partial charge on any atom is -0.455 e. The summed E-state index contributed by atoms with van der Waals surface area (Å²) < 4.78 is 6.38. The minimum absolute atomic E-state index is 0.137. The number of amidine groups is 1. The van der Waals surface area contributed by atoms with Gasteiger partial charge in [-0.15, -0.1) is 0 Å². The molecule has 0 amide bonds. The normalized spacial score (nSPS) is 15.1. The number of rotatable bonds is 9. The molecule has 1 unspecified atom stereocenters. The summed E-state index contributed by atoms with van der Waals surface area (Å²) in [6, 6.07) is 7.08. The molecule has 198 valence electrons. The topological polar surface area (TPSA) is 144 Å². The van der Waals surface area contributed by atoms with E-state index < -0.39 is 0 Å². The molecule has 1 aromatic carbocycles. The molecule has 1 fully saturated rings. The Morgan fingerprint density at radius 2 is 2.08 bits per heavy atom. The van der Waals surface area contributed by atoms with Crippen molar-refractivity contribution in [3.8, 4) is 0 Å². The molecule has 38 heavy (non-hydrogen) atoms. The van der Waals surface area contributed by atoms with E-state index >= 15 is 0 Å². The first-order chi connectivity index (χ1) is 18.3. The number of benzene rings is 1. The Morgan fingerprint density at radius 3 is 2.74 bits per heavy atom. The number of hydroxylamine groups is 1. The Hall–Kier alpha value is -4.18. The lowest BCUT2D eigenvalue weighted by atomic mass is 9.99. The number of aryl methyl sites for hydroxylation is 1. The predicted octanol–water partition coefficient (Wildman–Crippen LogP) is 4.22. The van der Waals surface area contributed by atoms with Gasteiger partial charge in [-0.05, 0) is 57.4 Å². The number of halogens is 1. The van der Waals surface area contributed by atoms with Gasteiger partial charge in [-0.25, -0.2) is 4.98 Å². The fraction of sp³-hybridized carbons (Fsp3) is 0.296. The maximum Gasteiger partial charge on any atom is 0.320 e. The minimum atomic E-state index is -0.353. The molecule has 1 aliphatic rings. The molecular formula is C27H29ClN6O4. The lowest BCUT2D eigenvalue weighted by Gasteiger charge is -2.21. The van der Waals surface area contributed by atoms with Gasteiger partial charge in [0.1, 0.15) is 22.2 Å². The van der Waals surface area contributed by atoms with Gasteiger partial charge in [0.05, 0.1) is 28.7 Å². The lowest BCUT2D eigenvalue weighted by molar-refractivity contribution is -0.132. The molecule has 11 heteroatoms. The average Bonchev–Trinajstić information content (AvgIpc) is 3.73. The quantitative estimate of drug-likeness (QED) is 0.121. The Morgan fingerprint density at radius 1 is 1.32 bits per heavy atom. The SMILES string of the molecule is CN=C(NOC=O)c1nc(Cl)ccc1NC(C)c1cc(C)cc2c(=O)c(C)c(/C(C=NC3CC3)=C/N)oc12. The third-order valence-electron chi connectivity index (χ3n) is 6.16. The number of anilines is 1. The molecule has 1 saturated carbocycles. The summed E-state index contributed by atoms with van der Waals surface area (Å²) in [5, 5.41) is 4.10. The average molecular weight is 537 g/mol. The van der Waals surface area contributed by atoms with Gasteiger partial charge in [0.15, 0.2) is 11.3 Å². The van der Waals surface area contributed by atoms with Gasteiger partial charge in [0.2, 0.25) is 0 Å². The van der Waals surface area contributed by atoms with Crippen molar-refractivity contribution >= 4 is 52.4 Å². The lowest BCUT2D eigenvalue weighted by Crippen LogP contribution is -2.27. The first-order valence-electron chi connectivity index (χ1n) is 12.1. The zero-order valence-electron chi connectivity index (χ0n) is 21.5. The number of pyridine rings is 1. The monoisotopic (exact) mass is 536 g/mol. The molecule has 0 saturated heterocycles. The summed E-state index contributed by atoms with van der Waals surface area (Å²) in [4.78, 5) is 41.8. The molecule has 1 aliphatic carbocycles. The standard InChI is InChI=1S/C27H29ClN6O4/c1-14-9-19(16(3)32-21-7-8-22(28)33-23(21)27(30-4)34-37-13-35)26-20(10-14)24(36)15(2)25(38-26)17(11-29)12-31-18-5-6-18/h7-13,16,18,32H,5-6,29H2,1-4H3,(H,30,34)/b17-11+,31-12?. The summed E-state index contributed by atoms with van der Waals surface area (Å²) in [6.45, 7) is 5.82. The molecule has 0 aliphatic heterocycles. The van der Waals surface area contributed by atoms with Crippen molar-refractivity contribution in [3.63, 3.8) is 0 Å². The number of carbonyl (C=O) groups excluding carboxylic acids is 1. The van der Waals surface area contributed by atoms with E-state index in [1.54, 1.807) is 25.3 Å². The van der Waals surface area contributed by atoms with Crippen LogP contribution in [-0.2, 0) is 9.63 Å². The van der Waals surface area contributed by atoms with Crippen LogP contribution in [-0.4, -0.2) is 36.6 Å². The van der Waals surface area contributed by atoms with E-state index in [0.29, 0.717) is 45.3 Å². The third-order valence-corrected chi connectivity index (χ3v) is 6.37. The maximum atomic E-state index is 13.4. The highest BCUT2D eigenvalue weighted by Gasteiger charge is 2.23. The van der Waals surface area contributed by atoms with Crippen LogP contribution >= 0.6 is 11.6 Å². The summed E-state index contributed by atoms with van der Waals surface area (Å²) in [5.74, 6) is 0.580. The van der Waals surface area contributed by atoms with Gasteiger partial charge >= 0.3 is 6.47 Å². The van der Waals surface area contributed by atoms with Crippen LogP contribution in [0.5, 0.6) is 0 Å². The molecule has 1 atom stereocenters. The maximum absolute atomic E-state index is 13.4. The highest BCUT2D eigenvalue weighted by Crippen LogP contribution is 2.32. The molecule has 2 aromatic heterocycles. The Kier molecular flexibility index (Phi) is 8.11. The molecule has 0 radical (unpaired) electrons. The van der Waals surface area contributed by atoms with Crippen molar-refractivity contribution in [3.05, 3.63) is 74.0 Å². The van der Waals surface area contributed by atoms with E-state index in [9.17, 15) is 9.59 Å². The van der Waals surface area contributed by atoms with Gasteiger partial charge in [-0.3, -0.25) is 19.6 Å². The van der Waals surface area contributed by atoms with Crippen LogP contribution < -0.4 is 22.0 Å². The van der Waals surface area contributed by atoms with Gasteiger partial charge in [0.25, 0.3) is 0 Å². The number of nitrogens with two attached hydrogens (primary N) is 1. The van der Waals surface area contributed by atoms with Crippen molar-refractivity contribution in [2.24, 2.45) is 15.7 Å². The van der Waals surface area contributed by atoms with E-state index in [1.807, 2.05) is 26.0 Å². The summed E-state index contributed by atoms with van der Waals surface area (Å²) in [7, 11) is 1.52. The van der Waals surface area contributed by atoms with Crippen LogP contribution in [0.4, 0.5) is 5.69 Å². The van der Waals surface area contributed by atoms with Crippen molar-refractivity contribution in [2.45, 2.75) is 45.7 Å². The van der Waals surface area contributed by atoms with E-state index in [-0.39, 0.29) is 28.9 Å². The highest BCUT2D eigenvalue weighted by atomic mass is 35.5. The van der Waals surface area contributed by atoms with Gasteiger partial charge in [0, 0.05) is 30.6 Å². The zero-order valence-corrected chi connectivity index (χ0v) is 22.3. The molecule has 0 bridgehead atoms. The second kappa shape index (κ2) is 11.5. The smallest absolute Gasteiger partial charge is 0.320 e. The number of hydrogen-bond acceptors (Lipinski definition) is 9. The van der Waals surface area contributed by atoms with Gasteiger partial charge < -0.3 is 20.3 Å². The summed E-state index contributed by atoms with van der Waals surface area (Å²) in [5.41, 5.74) is 12.2. The summed E-state index contributed by atoms with van der Waals surface area (Å²) in [6.07, 6.45) is 5.18. The predicted molar refractivity (Wildman–Crippen MR) is 150 cm³/mol. The number of carbonyl (C=O) groups is 1.